The minimum absolute atomic E-state index is 0.0474. The zero-order chi connectivity index (χ0) is 24.8. The highest BCUT2D eigenvalue weighted by Crippen LogP contribution is 2.35. The predicted molar refractivity (Wildman–Crippen MR) is 137 cm³/mol. The van der Waals surface area contributed by atoms with E-state index in [1.54, 1.807) is 6.08 Å². The van der Waals surface area contributed by atoms with Crippen LogP contribution in [0.25, 0.3) is 28.5 Å². The van der Waals surface area contributed by atoms with Crippen molar-refractivity contribution in [2.24, 2.45) is 0 Å². The van der Waals surface area contributed by atoms with Gasteiger partial charge in [0.2, 0.25) is 0 Å². The number of aliphatic hydroxyl groups excluding tert-OH is 2. The summed E-state index contributed by atoms with van der Waals surface area (Å²) < 4.78 is 0. The molecule has 0 fully saturated rings. The maximum Gasteiger partial charge on any atom is 0.305 e. The Labute approximate surface area is 201 Å². The van der Waals surface area contributed by atoms with Crippen LogP contribution in [0.15, 0.2) is 60.7 Å². The highest BCUT2D eigenvalue weighted by Gasteiger charge is 2.18. The number of rotatable bonds is 9. The number of nitrogens with zero attached hydrogens (tertiary/aromatic N) is 1. The number of carboxylic acid groups (broad SMARTS) is 1. The molecule has 0 saturated heterocycles. The van der Waals surface area contributed by atoms with Gasteiger partial charge in [0.05, 0.1) is 30.0 Å². The molecule has 2 atom stereocenters. The lowest BCUT2D eigenvalue weighted by Gasteiger charge is -2.18. The highest BCUT2D eigenvalue weighted by atomic mass is 16.4. The fraction of sp³-hybridized carbons (Fsp3) is 0.310. The van der Waals surface area contributed by atoms with Crippen LogP contribution in [0, 0.1) is 13.8 Å². The molecule has 1 heterocycles. The lowest BCUT2D eigenvalue weighted by molar-refractivity contribution is -0.139. The van der Waals surface area contributed by atoms with Crippen molar-refractivity contribution < 1.29 is 20.1 Å². The summed E-state index contributed by atoms with van der Waals surface area (Å²) in [6.45, 7) is 8.32. The van der Waals surface area contributed by atoms with Crippen molar-refractivity contribution in [1.29, 1.82) is 0 Å². The van der Waals surface area contributed by atoms with E-state index >= 15 is 0 Å². The third-order valence-corrected chi connectivity index (χ3v) is 5.65. The molecule has 3 rings (SSSR count). The molecule has 178 valence electrons. The molecular weight excluding hydrogens is 426 g/mol. The van der Waals surface area contributed by atoms with Crippen LogP contribution in [-0.4, -0.2) is 38.5 Å². The molecule has 1 aromatic heterocycles. The maximum absolute atomic E-state index is 10.8. The summed E-state index contributed by atoms with van der Waals surface area (Å²) in [5.41, 5.74) is 8.13. The Kier molecular flexibility index (Phi) is 8.37. The van der Waals surface area contributed by atoms with Crippen LogP contribution in [0.4, 0.5) is 0 Å². The lowest BCUT2D eigenvalue weighted by Crippen LogP contribution is -2.19. The molecule has 0 spiro atoms. The molecule has 2 aromatic carbocycles. The summed E-state index contributed by atoms with van der Waals surface area (Å²) in [5, 5.41) is 29.2. The number of pyridine rings is 1. The third kappa shape index (κ3) is 6.62. The second kappa shape index (κ2) is 11.2. The van der Waals surface area contributed by atoms with E-state index in [0.717, 1.165) is 44.8 Å². The molecule has 34 heavy (non-hydrogen) atoms. The van der Waals surface area contributed by atoms with Crippen LogP contribution in [0.2, 0.25) is 0 Å². The number of carbonyl (C=O) groups is 1. The second-order valence-corrected chi connectivity index (χ2v) is 9.16. The van der Waals surface area contributed by atoms with Crippen LogP contribution in [0.1, 0.15) is 55.0 Å². The van der Waals surface area contributed by atoms with E-state index in [4.69, 9.17) is 10.1 Å². The van der Waals surface area contributed by atoms with Gasteiger partial charge < -0.3 is 15.3 Å². The monoisotopic (exact) mass is 459 g/mol. The van der Waals surface area contributed by atoms with Gasteiger partial charge in [0.1, 0.15) is 0 Å². The number of benzene rings is 2. The van der Waals surface area contributed by atoms with Gasteiger partial charge in [-0.15, -0.1) is 0 Å². The molecular formula is C29H33NO4. The molecule has 0 unspecified atom stereocenters. The quantitative estimate of drug-likeness (QED) is 0.379. The average Bonchev–Trinajstić information content (AvgIpc) is 2.76. The molecule has 5 nitrogen and oxygen atoms in total. The van der Waals surface area contributed by atoms with E-state index in [2.05, 4.69) is 52.0 Å². The maximum atomic E-state index is 10.8. The Hall–Kier alpha value is -3.28. The average molecular weight is 460 g/mol. The van der Waals surface area contributed by atoms with E-state index in [-0.39, 0.29) is 12.3 Å². The van der Waals surface area contributed by atoms with E-state index < -0.39 is 24.6 Å². The van der Waals surface area contributed by atoms with Crippen LogP contribution in [0.5, 0.6) is 0 Å². The number of aliphatic carboxylic acids is 1. The lowest BCUT2D eigenvalue weighted by atomic mass is 9.90. The van der Waals surface area contributed by atoms with Gasteiger partial charge in [-0.3, -0.25) is 9.78 Å². The van der Waals surface area contributed by atoms with Crippen molar-refractivity contribution in [3.8, 4) is 22.4 Å². The van der Waals surface area contributed by atoms with E-state index in [1.165, 1.54) is 0 Å². The SMILES string of the molecule is Cc1cc(C)cc(-c2cc(-c3ccccc3)nc(C(C)C)c2C=C[C@@H](O)C[C@@H](O)CC(=O)O)c1. The summed E-state index contributed by atoms with van der Waals surface area (Å²) in [6.07, 6.45) is 0.927. The number of hydrogen-bond acceptors (Lipinski definition) is 4. The molecule has 0 radical (unpaired) electrons. The van der Waals surface area contributed by atoms with Gasteiger partial charge in [-0.1, -0.05) is 85.7 Å². The minimum Gasteiger partial charge on any atom is -0.481 e. The van der Waals surface area contributed by atoms with Crippen molar-refractivity contribution in [1.82, 2.24) is 4.98 Å². The van der Waals surface area contributed by atoms with Crippen molar-refractivity contribution in [2.45, 2.75) is 58.7 Å². The van der Waals surface area contributed by atoms with Crippen LogP contribution in [-0.2, 0) is 4.79 Å². The first-order valence-electron chi connectivity index (χ1n) is 11.6. The van der Waals surface area contributed by atoms with Gasteiger partial charge >= 0.3 is 5.97 Å². The molecule has 0 bridgehead atoms. The smallest absolute Gasteiger partial charge is 0.305 e. The van der Waals surface area contributed by atoms with Crippen molar-refractivity contribution >= 4 is 12.0 Å². The van der Waals surface area contributed by atoms with Crippen molar-refractivity contribution in [3.05, 3.63) is 83.1 Å². The molecule has 0 saturated carbocycles. The first-order valence-corrected chi connectivity index (χ1v) is 11.6. The highest BCUT2D eigenvalue weighted by molar-refractivity contribution is 5.81. The van der Waals surface area contributed by atoms with E-state index in [1.807, 2.05) is 36.4 Å². The summed E-state index contributed by atoms with van der Waals surface area (Å²) >= 11 is 0. The van der Waals surface area contributed by atoms with E-state index in [9.17, 15) is 15.0 Å². The fourth-order valence-corrected chi connectivity index (χ4v) is 4.17. The Morgan fingerprint density at radius 2 is 1.62 bits per heavy atom. The van der Waals surface area contributed by atoms with Crippen LogP contribution in [0.3, 0.4) is 0 Å². The molecule has 3 aromatic rings. The fourth-order valence-electron chi connectivity index (χ4n) is 4.17. The molecule has 0 aliphatic carbocycles. The number of carboxylic acids is 1. The molecule has 0 amide bonds. The minimum atomic E-state index is -1.11. The Balaban J connectivity index is 2.13. The molecule has 0 aliphatic rings. The topological polar surface area (TPSA) is 90.7 Å². The summed E-state index contributed by atoms with van der Waals surface area (Å²) in [6, 6.07) is 18.6. The molecule has 0 aliphatic heterocycles. The summed E-state index contributed by atoms with van der Waals surface area (Å²) in [7, 11) is 0. The van der Waals surface area contributed by atoms with Gasteiger partial charge in [0.15, 0.2) is 0 Å². The molecule has 5 heteroatoms. The van der Waals surface area contributed by atoms with Gasteiger partial charge in [0, 0.05) is 17.5 Å². The van der Waals surface area contributed by atoms with Gasteiger partial charge in [-0.25, -0.2) is 0 Å². The Bertz CT molecular complexity index is 1150. The van der Waals surface area contributed by atoms with Crippen molar-refractivity contribution in [3.63, 3.8) is 0 Å². The Morgan fingerprint density at radius 3 is 2.21 bits per heavy atom. The van der Waals surface area contributed by atoms with Crippen LogP contribution >= 0.6 is 0 Å². The predicted octanol–water partition coefficient (Wildman–Crippen LogP) is 5.76. The normalized spacial score (nSPS) is 13.4. The first kappa shape index (κ1) is 25.3. The molecule has 3 N–H and O–H groups in total. The zero-order valence-electron chi connectivity index (χ0n) is 20.2. The first-order chi connectivity index (χ1) is 16.1. The number of aromatic nitrogens is 1. The van der Waals surface area contributed by atoms with Gasteiger partial charge in [-0.2, -0.15) is 0 Å². The number of hydrogen-bond donors (Lipinski definition) is 3. The second-order valence-electron chi connectivity index (χ2n) is 9.16. The standard InChI is InChI=1S/C29H33NO4/c1-18(2)29-25(11-10-23(31)15-24(32)16-28(33)34)26(22-13-19(3)12-20(4)14-22)17-27(30-29)21-8-6-5-7-9-21/h5-14,17-18,23-24,31-32H,15-16H2,1-4H3,(H,33,34)/t23-,24-/m1/s1. The summed E-state index contributed by atoms with van der Waals surface area (Å²) in [5.74, 6) is -0.966. The number of aliphatic hydroxyl groups is 2. The van der Waals surface area contributed by atoms with Crippen molar-refractivity contribution in [2.75, 3.05) is 0 Å². The van der Waals surface area contributed by atoms with E-state index in [0.29, 0.717) is 0 Å². The third-order valence-electron chi connectivity index (χ3n) is 5.65. The van der Waals surface area contributed by atoms with Gasteiger partial charge in [0.25, 0.3) is 0 Å². The number of aryl methyl sites for hydroxylation is 2. The van der Waals surface area contributed by atoms with Gasteiger partial charge in [-0.05, 0) is 37.0 Å². The van der Waals surface area contributed by atoms with Crippen LogP contribution < -0.4 is 0 Å². The largest absolute Gasteiger partial charge is 0.481 e. The zero-order valence-corrected chi connectivity index (χ0v) is 20.2. The Morgan fingerprint density at radius 1 is 0.971 bits per heavy atom. The summed E-state index contributed by atoms with van der Waals surface area (Å²) in [4.78, 5) is 15.8.